The fraction of sp³-hybridized carbons (Fsp3) is 0.118. The van der Waals surface area contributed by atoms with E-state index >= 15 is 0 Å². The van der Waals surface area contributed by atoms with Gasteiger partial charge in [0.05, 0.1) is 17.5 Å². The number of carbonyl (C=O) groups excluding carboxylic acids is 3. The van der Waals surface area contributed by atoms with Gasteiger partial charge in [0.25, 0.3) is 11.8 Å². The van der Waals surface area contributed by atoms with Crippen molar-refractivity contribution >= 4 is 17.8 Å². The first kappa shape index (κ1) is 15.5. The molecule has 0 aliphatic carbocycles. The molecule has 0 saturated carbocycles. The fourth-order valence-electron chi connectivity index (χ4n) is 2.48. The van der Waals surface area contributed by atoms with Crippen LogP contribution in [0.1, 0.15) is 31.8 Å². The van der Waals surface area contributed by atoms with Gasteiger partial charge in [-0.05, 0) is 23.8 Å². The van der Waals surface area contributed by atoms with Gasteiger partial charge in [0.1, 0.15) is 18.1 Å². The zero-order valence-electron chi connectivity index (χ0n) is 12.4. The van der Waals surface area contributed by atoms with Gasteiger partial charge in [0, 0.05) is 11.6 Å². The van der Waals surface area contributed by atoms with Crippen LogP contribution in [-0.4, -0.2) is 28.0 Å². The minimum absolute atomic E-state index is 0.0990. The second kappa shape index (κ2) is 6.04. The van der Waals surface area contributed by atoms with Gasteiger partial charge in [-0.15, -0.1) is 0 Å². The standard InChI is InChI=1S/C17H13NO6/c19-11-5-4-10(13(20)7-11)8-24-14(21)6-9-2-1-3-12-15(9)17(23)18-16(12)22/h1-5,7,19-20H,6,8H2,(H,18,22,23). The molecule has 0 radical (unpaired) electrons. The van der Waals surface area contributed by atoms with E-state index in [1.165, 1.54) is 18.2 Å². The number of nitrogens with one attached hydrogen (secondary N) is 1. The maximum atomic E-state index is 12.0. The van der Waals surface area contributed by atoms with E-state index in [1.54, 1.807) is 12.1 Å². The summed E-state index contributed by atoms with van der Waals surface area (Å²) in [6, 6.07) is 8.62. The van der Waals surface area contributed by atoms with Gasteiger partial charge in [-0.1, -0.05) is 12.1 Å². The molecule has 1 heterocycles. The smallest absolute Gasteiger partial charge is 0.310 e. The summed E-state index contributed by atoms with van der Waals surface area (Å²) < 4.78 is 5.08. The molecule has 24 heavy (non-hydrogen) atoms. The van der Waals surface area contributed by atoms with Crippen LogP contribution in [0.3, 0.4) is 0 Å². The van der Waals surface area contributed by atoms with E-state index in [-0.39, 0.29) is 35.7 Å². The minimum Gasteiger partial charge on any atom is -0.508 e. The summed E-state index contributed by atoms with van der Waals surface area (Å²) in [6.45, 7) is -0.175. The Morgan fingerprint density at radius 3 is 2.58 bits per heavy atom. The Balaban J connectivity index is 1.70. The summed E-state index contributed by atoms with van der Waals surface area (Å²) in [4.78, 5) is 35.4. The molecule has 2 amide bonds. The molecule has 1 aliphatic rings. The van der Waals surface area contributed by atoms with Gasteiger partial charge >= 0.3 is 5.97 Å². The van der Waals surface area contributed by atoms with Crippen molar-refractivity contribution in [2.75, 3.05) is 0 Å². The van der Waals surface area contributed by atoms with Crippen molar-refractivity contribution in [1.82, 2.24) is 5.32 Å². The van der Waals surface area contributed by atoms with Crippen molar-refractivity contribution in [3.05, 3.63) is 58.7 Å². The van der Waals surface area contributed by atoms with Gasteiger partial charge in [-0.25, -0.2) is 0 Å². The van der Waals surface area contributed by atoms with Crippen LogP contribution in [0.15, 0.2) is 36.4 Å². The average molecular weight is 327 g/mol. The summed E-state index contributed by atoms with van der Waals surface area (Å²) in [5.74, 6) is -1.91. The van der Waals surface area contributed by atoms with Gasteiger partial charge in [-0.2, -0.15) is 0 Å². The molecule has 7 nitrogen and oxygen atoms in total. The molecule has 0 spiro atoms. The summed E-state index contributed by atoms with van der Waals surface area (Å²) >= 11 is 0. The largest absolute Gasteiger partial charge is 0.508 e. The molecule has 0 atom stereocenters. The highest BCUT2D eigenvalue weighted by Gasteiger charge is 2.29. The second-order valence-corrected chi connectivity index (χ2v) is 5.27. The maximum Gasteiger partial charge on any atom is 0.310 e. The number of hydrogen-bond acceptors (Lipinski definition) is 6. The van der Waals surface area contributed by atoms with Crippen LogP contribution in [0.25, 0.3) is 0 Å². The molecule has 0 fully saturated rings. The number of amides is 2. The lowest BCUT2D eigenvalue weighted by molar-refractivity contribution is -0.144. The molecule has 3 N–H and O–H groups in total. The normalized spacial score (nSPS) is 12.7. The summed E-state index contributed by atoms with van der Waals surface area (Å²) in [5, 5.41) is 21.0. The number of ether oxygens (including phenoxy) is 1. The highest BCUT2D eigenvalue weighted by molar-refractivity contribution is 6.22. The van der Waals surface area contributed by atoms with Crippen LogP contribution >= 0.6 is 0 Å². The molecular weight excluding hydrogens is 314 g/mol. The average Bonchev–Trinajstić information content (AvgIpc) is 2.82. The third-order valence-corrected chi connectivity index (χ3v) is 3.64. The van der Waals surface area contributed by atoms with E-state index in [1.807, 2.05) is 0 Å². The van der Waals surface area contributed by atoms with Crippen LogP contribution in [-0.2, 0) is 22.6 Å². The number of hydrogen-bond donors (Lipinski definition) is 3. The van der Waals surface area contributed by atoms with E-state index in [2.05, 4.69) is 5.32 Å². The quantitative estimate of drug-likeness (QED) is 0.576. The summed E-state index contributed by atoms with van der Waals surface area (Å²) in [7, 11) is 0. The van der Waals surface area contributed by atoms with Crippen molar-refractivity contribution in [2.45, 2.75) is 13.0 Å². The molecule has 0 saturated heterocycles. The van der Waals surface area contributed by atoms with Crippen LogP contribution < -0.4 is 5.32 Å². The maximum absolute atomic E-state index is 12.0. The van der Waals surface area contributed by atoms with Gasteiger partial charge in [0.2, 0.25) is 0 Å². The highest BCUT2D eigenvalue weighted by atomic mass is 16.5. The molecule has 0 bridgehead atoms. The molecule has 3 rings (SSSR count). The van der Waals surface area contributed by atoms with E-state index < -0.39 is 17.8 Å². The molecule has 1 aliphatic heterocycles. The van der Waals surface area contributed by atoms with Gasteiger partial charge in [0.15, 0.2) is 0 Å². The number of phenolic OH excluding ortho intramolecular Hbond substituents is 2. The number of aromatic hydroxyl groups is 2. The van der Waals surface area contributed by atoms with E-state index in [9.17, 15) is 24.6 Å². The zero-order chi connectivity index (χ0) is 17.3. The Morgan fingerprint density at radius 1 is 1.04 bits per heavy atom. The molecule has 0 unspecified atom stereocenters. The first-order valence-corrected chi connectivity index (χ1v) is 7.10. The molecular formula is C17H13NO6. The highest BCUT2D eigenvalue weighted by Crippen LogP contribution is 2.24. The van der Waals surface area contributed by atoms with Gasteiger partial charge in [-0.3, -0.25) is 19.7 Å². The minimum atomic E-state index is -0.608. The van der Waals surface area contributed by atoms with Crippen LogP contribution in [0.4, 0.5) is 0 Å². The first-order chi connectivity index (χ1) is 11.5. The Labute approximate surface area is 136 Å². The van der Waals surface area contributed by atoms with Crippen LogP contribution in [0.2, 0.25) is 0 Å². The topological polar surface area (TPSA) is 113 Å². The molecule has 2 aromatic rings. The number of imide groups is 1. The second-order valence-electron chi connectivity index (χ2n) is 5.27. The number of phenols is 2. The predicted molar refractivity (Wildman–Crippen MR) is 81.5 cm³/mol. The van der Waals surface area contributed by atoms with Crippen molar-refractivity contribution < 1.29 is 29.3 Å². The Hall–Kier alpha value is -3.35. The lowest BCUT2D eigenvalue weighted by Crippen LogP contribution is -2.20. The third kappa shape index (κ3) is 2.91. The lowest BCUT2D eigenvalue weighted by Gasteiger charge is -2.08. The Morgan fingerprint density at radius 2 is 1.83 bits per heavy atom. The first-order valence-electron chi connectivity index (χ1n) is 7.10. The fourth-order valence-corrected chi connectivity index (χ4v) is 2.48. The molecule has 2 aromatic carbocycles. The van der Waals surface area contributed by atoms with E-state index in [0.29, 0.717) is 11.1 Å². The van der Waals surface area contributed by atoms with Crippen molar-refractivity contribution in [3.63, 3.8) is 0 Å². The van der Waals surface area contributed by atoms with Crippen molar-refractivity contribution in [1.29, 1.82) is 0 Å². The summed E-state index contributed by atoms with van der Waals surface area (Å²) in [5.41, 5.74) is 1.16. The number of carbonyl (C=O) groups is 3. The Kier molecular flexibility index (Phi) is 3.91. The number of benzene rings is 2. The monoisotopic (exact) mass is 327 g/mol. The van der Waals surface area contributed by atoms with Crippen LogP contribution in [0, 0.1) is 0 Å². The molecule has 7 heteroatoms. The molecule has 0 aromatic heterocycles. The Bertz CT molecular complexity index is 858. The van der Waals surface area contributed by atoms with E-state index in [0.717, 1.165) is 6.07 Å². The van der Waals surface area contributed by atoms with E-state index in [4.69, 9.17) is 4.74 Å². The van der Waals surface area contributed by atoms with Crippen LogP contribution in [0.5, 0.6) is 11.5 Å². The number of esters is 1. The number of fused-ring (bicyclic) bond motifs is 1. The zero-order valence-corrected chi connectivity index (χ0v) is 12.4. The summed E-state index contributed by atoms with van der Waals surface area (Å²) in [6.07, 6.45) is -0.178. The van der Waals surface area contributed by atoms with Crippen molar-refractivity contribution in [3.8, 4) is 11.5 Å². The molecule has 122 valence electrons. The SMILES string of the molecule is O=C(Cc1cccc2c1C(=O)NC2=O)OCc1ccc(O)cc1O. The van der Waals surface area contributed by atoms with Gasteiger partial charge < -0.3 is 14.9 Å². The van der Waals surface area contributed by atoms with Crippen molar-refractivity contribution in [2.24, 2.45) is 0 Å². The third-order valence-electron chi connectivity index (χ3n) is 3.64. The number of rotatable bonds is 4. The lowest BCUT2D eigenvalue weighted by atomic mass is 10.0. The predicted octanol–water partition coefficient (Wildman–Crippen LogP) is 1.27.